The Morgan fingerprint density at radius 3 is 2.90 bits per heavy atom. The number of aliphatic carboxylic acids is 1. The first-order valence-electron chi connectivity index (χ1n) is 6.63. The average Bonchev–Trinajstić information content (AvgIpc) is 2.37. The predicted octanol–water partition coefficient (Wildman–Crippen LogP) is 2.10. The number of carboxylic acids is 1. The number of pyridine rings is 1. The molecule has 0 unspecified atom stereocenters. The van der Waals surface area contributed by atoms with E-state index in [0.717, 1.165) is 29.6 Å². The van der Waals surface area contributed by atoms with Crippen molar-refractivity contribution in [2.75, 3.05) is 24.7 Å². The molecule has 1 aliphatic heterocycles. The van der Waals surface area contributed by atoms with Crippen LogP contribution < -0.4 is 4.90 Å². The van der Waals surface area contributed by atoms with Crippen molar-refractivity contribution in [2.24, 2.45) is 0 Å². The van der Waals surface area contributed by atoms with Gasteiger partial charge in [-0.3, -0.25) is 0 Å². The number of anilines is 1. The zero-order valence-electron chi connectivity index (χ0n) is 12.1. The van der Waals surface area contributed by atoms with Crippen molar-refractivity contribution in [3.8, 4) is 0 Å². The van der Waals surface area contributed by atoms with Crippen LogP contribution in [0.3, 0.4) is 0 Å². The molecule has 1 aliphatic rings. The molecule has 5 nitrogen and oxygen atoms in total. The van der Waals surface area contributed by atoms with Crippen LogP contribution in [0.2, 0.25) is 0 Å². The summed E-state index contributed by atoms with van der Waals surface area (Å²) in [5.74, 6) is -0.0215. The van der Waals surface area contributed by atoms with E-state index in [1.165, 1.54) is 0 Å². The van der Waals surface area contributed by atoms with Gasteiger partial charge in [-0.15, -0.1) is 0 Å². The minimum absolute atomic E-state index is 0.0889. The lowest BCUT2D eigenvalue weighted by atomic mass is 10.0. The molecule has 5 heteroatoms. The maximum atomic E-state index is 10.5. The van der Waals surface area contributed by atoms with E-state index in [9.17, 15) is 4.79 Å². The third-order valence-electron chi connectivity index (χ3n) is 3.39. The second kappa shape index (κ2) is 5.63. The normalized spacial score (nSPS) is 18.4. The van der Waals surface area contributed by atoms with Crippen molar-refractivity contribution in [1.82, 2.24) is 4.98 Å². The monoisotopic (exact) mass is 276 g/mol. The van der Waals surface area contributed by atoms with Crippen LogP contribution in [-0.2, 0) is 9.53 Å². The smallest absolute Gasteiger partial charge is 0.328 e. The molecule has 20 heavy (non-hydrogen) atoms. The second-order valence-corrected chi connectivity index (χ2v) is 5.60. The van der Waals surface area contributed by atoms with E-state index in [1.54, 1.807) is 12.3 Å². The van der Waals surface area contributed by atoms with Gasteiger partial charge >= 0.3 is 5.97 Å². The van der Waals surface area contributed by atoms with E-state index >= 15 is 0 Å². The SMILES string of the molecule is Cc1cc(/C=C/C(=O)O)cnc1N1CCOCC1(C)C. The van der Waals surface area contributed by atoms with Gasteiger partial charge in [-0.05, 0) is 44.0 Å². The topological polar surface area (TPSA) is 62.7 Å². The van der Waals surface area contributed by atoms with Gasteiger partial charge in [-0.25, -0.2) is 9.78 Å². The number of hydrogen-bond donors (Lipinski definition) is 1. The fourth-order valence-electron chi connectivity index (χ4n) is 2.38. The van der Waals surface area contributed by atoms with Crippen LogP contribution in [-0.4, -0.2) is 41.4 Å². The summed E-state index contributed by atoms with van der Waals surface area (Å²) >= 11 is 0. The lowest BCUT2D eigenvalue weighted by molar-refractivity contribution is -0.131. The molecule has 108 valence electrons. The lowest BCUT2D eigenvalue weighted by Gasteiger charge is -2.43. The third kappa shape index (κ3) is 3.17. The number of hydrogen-bond acceptors (Lipinski definition) is 4. The van der Waals surface area contributed by atoms with E-state index in [1.807, 2.05) is 13.0 Å². The molecule has 0 atom stereocenters. The van der Waals surface area contributed by atoms with Crippen LogP contribution in [0.4, 0.5) is 5.82 Å². The van der Waals surface area contributed by atoms with Gasteiger partial charge in [-0.1, -0.05) is 0 Å². The Balaban J connectivity index is 2.27. The fraction of sp³-hybridized carbons (Fsp3) is 0.467. The van der Waals surface area contributed by atoms with Gasteiger partial charge in [0.25, 0.3) is 0 Å². The van der Waals surface area contributed by atoms with Gasteiger partial charge in [-0.2, -0.15) is 0 Å². The molecule has 0 spiro atoms. The summed E-state index contributed by atoms with van der Waals surface area (Å²) in [7, 11) is 0. The Morgan fingerprint density at radius 2 is 2.30 bits per heavy atom. The maximum Gasteiger partial charge on any atom is 0.328 e. The van der Waals surface area contributed by atoms with Gasteiger partial charge in [0, 0.05) is 18.8 Å². The molecule has 0 aromatic carbocycles. The van der Waals surface area contributed by atoms with Crippen molar-refractivity contribution in [2.45, 2.75) is 26.3 Å². The highest BCUT2D eigenvalue weighted by atomic mass is 16.5. The van der Waals surface area contributed by atoms with Crippen molar-refractivity contribution in [3.63, 3.8) is 0 Å². The summed E-state index contributed by atoms with van der Waals surface area (Å²) < 4.78 is 5.52. The molecule has 1 fully saturated rings. The first kappa shape index (κ1) is 14.5. The van der Waals surface area contributed by atoms with Gasteiger partial charge < -0.3 is 14.7 Å². The summed E-state index contributed by atoms with van der Waals surface area (Å²) in [6.45, 7) is 8.44. The van der Waals surface area contributed by atoms with Crippen LogP contribution in [0.1, 0.15) is 25.0 Å². The molecule has 0 saturated carbocycles. The quantitative estimate of drug-likeness (QED) is 0.857. The summed E-state index contributed by atoms with van der Waals surface area (Å²) in [4.78, 5) is 17.3. The van der Waals surface area contributed by atoms with Crippen LogP contribution in [0.15, 0.2) is 18.3 Å². The highest BCUT2D eigenvalue weighted by Crippen LogP contribution is 2.28. The highest BCUT2D eigenvalue weighted by molar-refractivity contribution is 5.85. The zero-order valence-corrected chi connectivity index (χ0v) is 12.1. The molecule has 1 aromatic heterocycles. The average molecular weight is 276 g/mol. The van der Waals surface area contributed by atoms with E-state index < -0.39 is 5.97 Å². The van der Waals surface area contributed by atoms with E-state index in [0.29, 0.717) is 13.2 Å². The van der Waals surface area contributed by atoms with Gasteiger partial charge in [0.05, 0.1) is 18.8 Å². The fourth-order valence-corrected chi connectivity index (χ4v) is 2.38. The van der Waals surface area contributed by atoms with E-state index in [-0.39, 0.29) is 5.54 Å². The zero-order chi connectivity index (χ0) is 14.8. The molecule has 1 saturated heterocycles. The minimum atomic E-state index is -0.957. The molecular weight excluding hydrogens is 256 g/mol. The Morgan fingerprint density at radius 1 is 1.55 bits per heavy atom. The van der Waals surface area contributed by atoms with Gasteiger partial charge in [0.15, 0.2) is 0 Å². The Labute approximate surface area is 118 Å². The number of carbonyl (C=O) groups is 1. The predicted molar refractivity (Wildman–Crippen MR) is 77.9 cm³/mol. The molecule has 2 heterocycles. The number of rotatable bonds is 3. The van der Waals surface area contributed by atoms with Crippen LogP contribution in [0.25, 0.3) is 6.08 Å². The van der Waals surface area contributed by atoms with Crippen LogP contribution >= 0.6 is 0 Å². The number of nitrogens with zero attached hydrogens (tertiary/aromatic N) is 2. The third-order valence-corrected chi connectivity index (χ3v) is 3.39. The van der Waals surface area contributed by atoms with Gasteiger partial charge in [0.1, 0.15) is 5.82 Å². The lowest BCUT2D eigenvalue weighted by Crippen LogP contribution is -2.53. The number of ether oxygens (including phenoxy) is 1. The molecule has 0 aliphatic carbocycles. The standard InChI is InChI=1S/C15H20N2O3/c1-11-8-12(4-5-13(18)19)9-16-14(11)17-6-7-20-10-15(17,2)3/h4-5,8-9H,6-7,10H2,1-3H3,(H,18,19)/b5-4+. The molecule has 0 radical (unpaired) electrons. The molecule has 0 amide bonds. The first-order valence-corrected chi connectivity index (χ1v) is 6.63. The Hall–Kier alpha value is -1.88. The summed E-state index contributed by atoms with van der Waals surface area (Å²) in [6.07, 6.45) is 4.37. The summed E-state index contributed by atoms with van der Waals surface area (Å²) in [5, 5.41) is 8.64. The Kier molecular flexibility index (Phi) is 4.09. The minimum Gasteiger partial charge on any atom is -0.478 e. The molecule has 0 bridgehead atoms. The summed E-state index contributed by atoms with van der Waals surface area (Å²) in [5.41, 5.74) is 1.74. The van der Waals surface area contributed by atoms with Crippen molar-refractivity contribution in [3.05, 3.63) is 29.5 Å². The van der Waals surface area contributed by atoms with Crippen LogP contribution in [0, 0.1) is 6.92 Å². The maximum absolute atomic E-state index is 10.5. The highest BCUT2D eigenvalue weighted by Gasteiger charge is 2.32. The second-order valence-electron chi connectivity index (χ2n) is 5.60. The number of carboxylic acid groups (broad SMARTS) is 1. The van der Waals surface area contributed by atoms with Gasteiger partial charge in [0.2, 0.25) is 0 Å². The number of aromatic nitrogens is 1. The number of morpholine rings is 1. The van der Waals surface area contributed by atoms with Crippen molar-refractivity contribution < 1.29 is 14.6 Å². The van der Waals surface area contributed by atoms with Crippen LogP contribution in [0.5, 0.6) is 0 Å². The van der Waals surface area contributed by atoms with E-state index in [2.05, 4.69) is 23.7 Å². The molecule has 1 aromatic rings. The molecule has 2 rings (SSSR count). The Bertz CT molecular complexity index is 538. The van der Waals surface area contributed by atoms with Crippen molar-refractivity contribution >= 4 is 17.9 Å². The van der Waals surface area contributed by atoms with E-state index in [4.69, 9.17) is 9.84 Å². The summed E-state index contributed by atoms with van der Waals surface area (Å²) in [6, 6.07) is 1.95. The number of aryl methyl sites for hydroxylation is 1. The molecule has 1 N–H and O–H groups in total. The molecular formula is C15H20N2O3. The largest absolute Gasteiger partial charge is 0.478 e. The van der Waals surface area contributed by atoms with Crippen molar-refractivity contribution in [1.29, 1.82) is 0 Å². The first-order chi connectivity index (χ1) is 9.40.